The number of aromatic nitrogens is 6. The molecule has 136 valence electrons. The van der Waals surface area contributed by atoms with Crippen LogP contribution in [0, 0.1) is 41.5 Å². The Morgan fingerprint density at radius 3 is 1.08 bits per heavy atom. The first-order chi connectivity index (χ1) is 11.8. The first kappa shape index (κ1) is 20.0. The third-order valence-corrected chi connectivity index (χ3v) is 4.11. The summed E-state index contributed by atoms with van der Waals surface area (Å²) in [5, 5.41) is 14.1. The minimum Gasteiger partial charge on any atom is -0.400 e. The summed E-state index contributed by atoms with van der Waals surface area (Å²) in [5.41, 5.74) is 6.40. The highest BCUT2D eigenvalue weighted by molar-refractivity contribution is 7.90. The van der Waals surface area contributed by atoms with E-state index in [0.717, 1.165) is 34.2 Å². The zero-order valence-corrected chi connectivity index (χ0v) is 17.9. The Labute approximate surface area is 160 Å². The molecule has 3 aromatic heterocycles. The van der Waals surface area contributed by atoms with Gasteiger partial charge in [0.2, 0.25) is 0 Å². The third-order valence-electron chi connectivity index (χ3n) is 4.11. The molecule has 3 rings (SSSR count). The summed E-state index contributed by atoms with van der Waals surface area (Å²) in [6.07, 6.45) is 0. The summed E-state index contributed by atoms with van der Waals surface area (Å²) in [6, 6.07) is 6.28. The summed E-state index contributed by atoms with van der Waals surface area (Å²) >= 11 is 9.58. The van der Waals surface area contributed by atoms with Crippen molar-refractivity contribution in [3.63, 3.8) is 0 Å². The van der Waals surface area contributed by atoms with Crippen LogP contribution < -0.4 is 0 Å². The molecule has 0 bridgehead atoms. The van der Waals surface area contributed by atoms with Gasteiger partial charge in [-0.25, -0.2) is 15.3 Å². The molecular formula is C15H23BCl2N6P-. The van der Waals surface area contributed by atoms with Crippen molar-refractivity contribution >= 4 is 36.9 Å². The molecule has 6 nitrogen and oxygen atoms in total. The van der Waals surface area contributed by atoms with Gasteiger partial charge in [0, 0.05) is 0 Å². The maximum atomic E-state index is 4.79. The van der Waals surface area contributed by atoms with Crippen molar-refractivity contribution in [1.82, 2.24) is 29.1 Å². The number of rotatable bonds is 3. The van der Waals surface area contributed by atoms with Gasteiger partial charge in [-0.2, -0.15) is 0 Å². The summed E-state index contributed by atoms with van der Waals surface area (Å²) in [4.78, 5) is 0. The zero-order valence-electron chi connectivity index (χ0n) is 15.4. The number of aryl methyl sites for hydroxylation is 6. The van der Waals surface area contributed by atoms with Gasteiger partial charge >= 0.3 is 7.12 Å². The molecule has 0 aliphatic carbocycles. The van der Waals surface area contributed by atoms with E-state index in [1.54, 1.807) is 0 Å². The van der Waals surface area contributed by atoms with Gasteiger partial charge in [0.1, 0.15) is 0 Å². The van der Waals surface area contributed by atoms with Crippen LogP contribution in [0.3, 0.4) is 0 Å². The number of hydrogen-bond acceptors (Lipinski definition) is 3. The lowest BCUT2D eigenvalue weighted by Gasteiger charge is -2.30. The van der Waals surface area contributed by atoms with Crippen molar-refractivity contribution in [1.29, 1.82) is 0 Å². The van der Waals surface area contributed by atoms with Crippen LogP contribution >= 0.6 is 29.8 Å². The molecule has 0 aliphatic heterocycles. The Morgan fingerprint density at radius 1 is 0.680 bits per heavy atom. The lowest BCUT2D eigenvalue weighted by Crippen LogP contribution is -2.45. The normalized spacial score (nSPS) is 10.9. The van der Waals surface area contributed by atoms with E-state index in [2.05, 4.69) is 52.7 Å². The first-order valence-corrected chi connectivity index (χ1v) is 11.0. The molecule has 0 aromatic carbocycles. The molecule has 0 saturated heterocycles. The van der Waals surface area contributed by atoms with Gasteiger partial charge in [-0.05, 0) is 76.8 Å². The molecule has 0 radical (unpaired) electrons. The lowest BCUT2D eigenvalue weighted by atomic mass is 9.93. The van der Waals surface area contributed by atoms with Gasteiger partial charge in [0.25, 0.3) is 0 Å². The third kappa shape index (κ3) is 4.46. The maximum Gasteiger partial charge on any atom is 0.326 e. The molecule has 0 amide bonds. The predicted molar refractivity (Wildman–Crippen MR) is 108 cm³/mol. The second-order valence-corrected chi connectivity index (χ2v) is 8.13. The minimum atomic E-state index is -1.26. The van der Waals surface area contributed by atoms with Gasteiger partial charge in [0.05, 0.1) is 24.4 Å². The smallest absolute Gasteiger partial charge is 0.326 e. The van der Waals surface area contributed by atoms with Crippen LogP contribution in [0.4, 0.5) is 0 Å². The maximum absolute atomic E-state index is 4.79. The SMILES string of the molecule is Cc1cc(C)n([BH-](n2nc(C)cc2C)n2nc(C)cc2C)n1.ClPCl. The molecule has 10 heteroatoms. The standard InChI is InChI=1S/C15H22BN6.Cl2HP/c1-10-7-13(4)20(17-10)16(21-14(5)8-11(2)18-21)22-15(6)9-12(3)19-22;1-3-2/h7-9,16H,1-6H3;3H/q-1;. The molecule has 25 heavy (non-hydrogen) atoms. The van der Waals surface area contributed by atoms with Crippen molar-refractivity contribution in [2.75, 3.05) is 0 Å². The van der Waals surface area contributed by atoms with E-state index >= 15 is 0 Å². The van der Waals surface area contributed by atoms with E-state index in [1.807, 2.05) is 20.8 Å². The zero-order chi connectivity index (χ0) is 18.7. The van der Waals surface area contributed by atoms with Crippen LogP contribution in [0.5, 0.6) is 0 Å². The van der Waals surface area contributed by atoms with Crippen LogP contribution in [-0.2, 0) is 0 Å². The number of hydrogen-bond donors (Lipinski definition) is 0. The molecule has 0 N–H and O–H groups in total. The molecule has 0 saturated carbocycles. The average molecular weight is 400 g/mol. The Bertz CT molecular complexity index is 746. The summed E-state index contributed by atoms with van der Waals surface area (Å²) in [5.74, 6) is 0. The van der Waals surface area contributed by atoms with E-state index in [9.17, 15) is 0 Å². The van der Waals surface area contributed by atoms with Crippen LogP contribution in [0.2, 0.25) is 0 Å². The van der Waals surface area contributed by atoms with Crippen LogP contribution in [0.1, 0.15) is 34.2 Å². The highest BCUT2D eigenvalue weighted by Crippen LogP contribution is 2.19. The van der Waals surface area contributed by atoms with E-state index < -0.39 is 7.12 Å². The van der Waals surface area contributed by atoms with Gasteiger partial charge in [0.15, 0.2) is 0 Å². The van der Waals surface area contributed by atoms with E-state index in [1.165, 1.54) is 0 Å². The van der Waals surface area contributed by atoms with Crippen LogP contribution in [0.15, 0.2) is 18.2 Å². The van der Waals surface area contributed by atoms with Gasteiger partial charge in [-0.1, -0.05) is 22.5 Å². The summed E-state index contributed by atoms with van der Waals surface area (Å²) < 4.78 is 6.19. The van der Waals surface area contributed by atoms with E-state index in [-0.39, 0.29) is 7.29 Å². The van der Waals surface area contributed by atoms with E-state index in [0.29, 0.717) is 0 Å². The van der Waals surface area contributed by atoms with Crippen molar-refractivity contribution in [2.45, 2.75) is 41.5 Å². The minimum absolute atomic E-state index is 0.0278. The highest BCUT2D eigenvalue weighted by Gasteiger charge is 2.19. The van der Waals surface area contributed by atoms with Crippen molar-refractivity contribution in [3.05, 3.63) is 52.4 Å². The first-order valence-electron chi connectivity index (χ1n) is 8.00. The average Bonchev–Trinajstić information content (AvgIpc) is 3.12. The molecule has 3 aromatic rings. The summed E-state index contributed by atoms with van der Waals surface area (Å²) in [7, 11) is -1.23. The molecule has 0 atom stereocenters. The summed E-state index contributed by atoms with van der Waals surface area (Å²) in [6.45, 7) is 12.3. The van der Waals surface area contributed by atoms with Crippen molar-refractivity contribution in [2.24, 2.45) is 0 Å². The van der Waals surface area contributed by atoms with Crippen molar-refractivity contribution in [3.8, 4) is 0 Å². The van der Waals surface area contributed by atoms with Gasteiger partial charge < -0.3 is 13.8 Å². The van der Waals surface area contributed by atoms with Crippen LogP contribution in [-0.4, -0.2) is 36.2 Å². The molecule has 3 heterocycles. The molecule has 0 aliphatic rings. The topological polar surface area (TPSA) is 53.5 Å². The fourth-order valence-electron chi connectivity index (χ4n) is 3.26. The molecule has 0 spiro atoms. The second-order valence-electron chi connectivity index (χ2n) is 6.28. The van der Waals surface area contributed by atoms with Gasteiger partial charge in [-0.15, -0.1) is 0 Å². The monoisotopic (exact) mass is 399 g/mol. The fraction of sp³-hybridized carbons (Fsp3) is 0.400. The molecule has 0 fully saturated rings. The fourth-order valence-corrected chi connectivity index (χ4v) is 3.26. The quantitative estimate of drug-likeness (QED) is 0.497. The predicted octanol–water partition coefficient (Wildman–Crippen LogP) is 3.76. The van der Waals surface area contributed by atoms with E-state index in [4.69, 9.17) is 37.8 Å². The Kier molecular flexibility index (Phi) is 6.72. The number of halogens is 2. The Morgan fingerprint density at radius 2 is 0.920 bits per heavy atom. The van der Waals surface area contributed by atoms with Gasteiger partial charge in [-0.3, -0.25) is 0 Å². The number of nitrogens with zero attached hydrogens (tertiary/aromatic N) is 6. The molecule has 0 unspecified atom stereocenters. The lowest BCUT2D eigenvalue weighted by molar-refractivity contribution is 0.730. The Balaban J connectivity index is 0.000000701. The molecular weight excluding hydrogens is 377 g/mol. The second kappa shape index (κ2) is 8.39. The van der Waals surface area contributed by atoms with Crippen LogP contribution in [0.25, 0.3) is 0 Å². The highest BCUT2D eigenvalue weighted by atomic mass is 35.9. The van der Waals surface area contributed by atoms with Crippen molar-refractivity contribution < 1.29 is 0 Å². The largest absolute Gasteiger partial charge is 0.400 e. The Hall–Kier alpha value is -1.30.